The molecule has 1 amide bonds. The number of hydrogen-bond donors (Lipinski definition) is 2. The van der Waals surface area contributed by atoms with Gasteiger partial charge in [-0.05, 0) is 37.1 Å². The molecule has 6 heteroatoms. The molecule has 2 aromatic rings. The first-order valence-electron chi connectivity index (χ1n) is 7.74. The van der Waals surface area contributed by atoms with Crippen molar-refractivity contribution in [1.29, 1.82) is 0 Å². The number of aromatic carboxylic acids is 1. The first kappa shape index (κ1) is 18.7. The Kier molecular flexibility index (Phi) is 6.77. The van der Waals surface area contributed by atoms with E-state index in [-0.39, 0.29) is 11.5 Å². The minimum absolute atomic E-state index is 0.173. The molecule has 0 radical (unpaired) electrons. The van der Waals surface area contributed by atoms with E-state index in [1.165, 1.54) is 46.8 Å². The van der Waals surface area contributed by atoms with Crippen molar-refractivity contribution < 1.29 is 14.7 Å². The number of nitrogens with zero attached hydrogens (tertiary/aromatic N) is 1. The minimum Gasteiger partial charge on any atom is -0.478 e. The zero-order chi connectivity index (χ0) is 18.2. The van der Waals surface area contributed by atoms with Gasteiger partial charge in [0.1, 0.15) is 0 Å². The zero-order valence-corrected chi connectivity index (χ0v) is 15.0. The summed E-state index contributed by atoms with van der Waals surface area (Å²) in [7, 11) is 0. The summed E-state index contributed by atoms with van der Waals surface area (Å²) in [5, 5.41) is 12.7. The van der Waals surface area contributed by atoms with Gasteiger partial charge >= 0.3 is 5.97 Å². The second kappa shape index (κ2) is 9.03. The molecule has 2 aromatic carbocycles. The van der Waals surface area contributed by atoms with E-state index in [1.807, 2.05) is 0 Å². The lowest BCUT2D eigenvalue weighted by molar-refractivity contribution is -0.118. The standard InChI is InChI=1S/C19H20N2O3S/c1-13-7-14(2)9-16(8-13)11-25-12-18(22)21-20-10-15-3-5-17(6-4-15)19(23)24/h3-10H,11-12H2,1-2H3,(H,21,22)(H,23,24)/b20-10-. The molecule has 0 saturated heterocycles. The number of carbonyl (C=O) groups excluding carboxylic acids is 1. The lowest BCUT2D eigenvalue weighted by atomic mass is 10.1. The number of amides is 1. The lowest BCUT2D eigenvalue weighted by Crippen LogP contribution is -2.19. The summed E-state index contributed by atoms with van der Waals surface area (Å²) >= 11 is 1.53. The maximum Gasteiger partial charge on any atom is 0.335 e. The number of thioether (sulfide) groups is 1. The fourth-order valence-corrected chi connectivity index (χ4v) is 3.09. The van der Waals surface area contributed by atoms with Gasteiger partial charge in [-0.1, -0.05) is 41.5 Å². The predicted octanol–water partition coefficient (Wildman–Crippen LogP) is 3.39. The number of hydrazone groups is 1. The Labute approximate surface area is 151 Å². The summed E-state index contributed by atoms with van der Waals surface area (Å²) in [6.07, 6.45) is 1.48. The SMILES string of the molecule is Cc1cc(C)cc(CSCC(=O)N/N=C\c2ccc(C(=O)O)cc2)c1. The summed E-state index contributed by atoms with van der Waals surface area (Å²) in [5.74, 6) is -0.0520. The summed E-state index contributed by atoms with van der Waals surface area (Å²) in [6, 6.07) is 12.6. The van der Waals surface area contributed by atoms with Gasteiger partial charge in [-0.2, -0.15) is 5.10 Å². The van der Waals surface area contributed by atoms with Crippen LogP contribution in [0, 0.1) is 13.8 Å². The predicted molar refractivity (Wildman–Crippen MR) is 101 cm³/mol. The minimum atomic E-state index is -0.974. The highest BCUT2D eigenvalue weighted by Crippen LogP contribution is 2.15. The molecule has 130 valence electrons. The molecule has 0 aliphatic carbocycles. The number of rotatable bonds is 7. The molecule has 0 aromatic heterocycles. The Balaban J connectivity index is 1.75. The summed E-state index contributed by atoms with van der Waals surface area (Å²) in [4.78, 5) is 22.5. The van der Waals surface area contributed by atoms with Crippen LogP contribution in [0.25, 0.3) is 0 Å². The first-order valence-corrected chi connectivity index (χ1v) is 8.89. The van der Waals surface area contributed by atoms with Crippen molar-refractivity contribution in [2.75, 3.05) is 5.75 Å². The molecule has 5 nitrogen and oxygen atoms in total. The molecule has 0 aliphatic rings. The number of carboxylic acids is 1. The average molecular weight is 356 g/mol. The molecule has 0 fully saturated rings. The molecule has 0 spiro atoms. The van der Waals surface area contributed by atoms with E-state index < -0.39 is 5.97 Å². The normalized spacial score (nSPS) is 10.8. The van der Waals surface area contributed by atoms with Gasteiger partial charge in [0.2, 0.25) is 5.91 Å². The van der Waals surface area contributed by atoms with Gasteiger partial charge in [0.15, 0.2) is 0 Å². The monoisotopic (exact) mass is 356 g/mol. The third-order valence-corrected chi connectivity index (χ3v) is 4.35. The van der Waals surface area contributed by atoms with Crippen molar-refractivity contribution in [1.82, 2.24) is 5.43 Å². The van der Waals surface area contributed by atoms with Crippen LogP contribution in [0.2, 0.25) is 0 Å². The topological polar surface area (TPSA) is 78.8 Å². The number of hydrogen-bond acceptors (Lipinski definition) is 4. The molecule has 0 aliphatic heterocycles. The number of benzene rings is 2. The van der Waals surface area contributed by atoms with Crippen molar-refractivity contribution in [2.24, 2.45) is 5.10 Å². The van der Waals surface area contributed by atoms with Crippen LogP contribution in [0.1, 0.15) is 32.6 Å². The van der Waals surface area contributed by atoms with E-state index in [9.17, 15) is 9.59 Å². The Morgan fingerprint density at radius 1 is 1.12 bits per heavy atom. The van der Waals surface area contributed by atoms with E-state index in [0.29, 0.717) is 11.3 Å². The molecular weight excluding hydrogens is 336 g/mol. The van der Waals surface area contributed by atoms with Gasteiger partial charge in [0.25, 0.3) is 0 Å². The van der Waals surface area contributed by atoms with Crippen molar-refractivity contribution in [3.8, 4) is 0 Å². The van der Waals surface area contributed by atoms with Crippen molar-refractivity contribution in [3.63, 3.8) is 0 Å². The Morgan fingerprint density at radius 2 is 1.76 bits per heavy atom. The highest BCUT2D eigenvalue weighted by molar-refractivity contribution is 7.99. The van der Waals surface area contributed by atoms with E-state index in [1.54, 1.807) is 12.1 Å². The largest absolute Gasteiger partial charge is 0.478 e. The molecule has 0 saturated carbocycles. The van der Waals surface area contributed by atoms with Crippen LogP contribution in [0.15, 0.2) is 47.6 Å². The van der Waals surface area contributed by atoms with E-state index in [2.05, 4.69) is 42.6 Å². The van der Waals surface area contributed by atoms with E-state index in [0.717, 1.165) is 5.75 Å². The second-order valence-electron chi connectivity index (χ2n) is 5.71. The van der Waals surface area contributed by atoms with Crippen LogP contribution in [0.5, 0.6) is 0 Å². The summed E-state index contributed by atoms with van der Waals surface area (Å²) < 4.78 is 0. The number of nitrogens with one attached hydrogen (secondary N) is 1. The fourth-order valence-electron chi connectivity index (χ4n) is 2.34. The smallest absolute Gasteiger partial charge is 0.335 e. The van der Waals surface area contributed by atoms with Gasteiger partial charge in [0.05, 0.1) is 17.5 Å². The summed E-state index contributed by atoms with van der Waals surface area (Å²) in [6.45, 7) is 4.12. The Morgan fingerprint density at radius 3 is 2.36 bits per heavy atom. The molecule has 0 bridgehead atoms. The quantitative estimate of drug-likeness (QED) is 0.589. The number of carbonyl (C=O) groups is 2. The number of aryl methyl sites for hydroxylation is 2. The van der Waals surface area contributed by atoms with Crippen molar-refractivity contribution in [2.45, 2.75) is 19.6 Å². The van der Waals surface area contributed by atoms with E-state index in [4.69, 9.17) is 5.11 Å². The Hall–Kier alpha value is -2.60. The van der Waals surface area contributed by atoms with Crippen LogP contribution in [-0.2, 0) is 10.5 Å². The molecule has 0 heterocycles. The van der Waals surface area contributed by atoms with Crippen LogP contribution in [0.3, 0.4) is 0 Å². The molecule has 2 N–H and O–H groups in total. The van der Waals surface area contributed by atoms with Gasteiger partial charge < -0.3 is 5.11 Å². The first-order chi connectivity index (χ1) is 11.9. The highest BCUT2D eigenvalue weighted by Gasteiger charge is 2.03. The molecule has 25 heavy (non-hydrogen) atoms. The Bertz CT molecular complexity index is 766. The van der Waals surface area contributed by atoms with Crippen molar-refractivity contribution >= 4 is 29.9 Å². The highest BCUT2D eigenvalue weighted by atomic mass is 32.2. The van der Waals surface area contributed by atoms with Crippen LogP contribution in [0.4, 0.5) is 0 Å². The van der Waals surface area contributed by atoms with Gasteiger partial charge in [-0.25, -0.2) is 10.2 Å². The van der Waals surface area contributed by atoms with Gasteiger partial charge in [-0.15, -0.1) is 11.8 Å². The third-order valence-electron chi connectivity index (χ3n) is 3.34. The number of carboxylic acid groups (broad SMARTS) is 1. The fraction of sp³-hybridized carbons (Fsp3) is 0.211. The zero-order valence-electron chi connectivity index (χ0n) is 14.2. The lowest BCUT2D eigenvalue weighted by Gasteiger charge is -2.04. The third kappa shape index (κ3) is 6.43. The van der Waals surface area contributed by atoms with Gasteiger partial charge in [0, 0.05) is 5.75 Å². The van der Waals surface area contributed by atoms with E-state index >= 15 is 0 Å². The van der Waals surface area contributed by atoms with Crippen molar-refractivity contribution in [3.05, 3.63) is 70.3 Å². The van der Waals surface area contributed by atoms with Crippen LogP contribution >= 0.6 is 11.8 Å². The molecule has 0 atom stereocenters. The van der Waals surface area contributed by atoms with Crippen LogP contribution < -0.4 is 5.43 Å². The maximum atomic E-state index is 11.8. The molecule has 0 unspecified atom stereocenters. The summed E-state index contributed by atoms with van der Waals surface area (Å²) in [5.41, 5.74) is 7.05. The van der Waals surface area contributed by atoms with Crippen LogP contribution in [-0.4, -0.2) is 29.0 Å². The average Bonchev–Trinajstić information content (AvgIpc) is 2.54. The van der Waals surface area contributed by atoms with Gasteiger partial charge in [-0.3, -0.25) is 4.79 Å². The maximum absolute atomic E-state index is 11.8. The molecular formula is C19H20N2O3S. The second-order valence-corrected chi connectivity index (χ2v) is 6.69. The molecule has 2 rings (SSSR count).